The van der Waals surface area contributed by atoms with Crippen molar-refractivity contribution in [1.82, 2.24) is 10.3 Å². The molecule has 1 saturated heterocycles. The van der Waals surface area contributed by atoms with Gasteiger partial charge >= 0.3 is 0 Å². The van der Waals surface area contributed by atoms with Gasteiger partial charge in [-0.15, -0.1) is 0 Å². The van der Waals surface area contributed by atoms with E-state index in [9.17, 15) is 0 Å². The molecule has 0 aliphatic carbocycles. The molecular weight excluding hydrogens is 174 g/mol. The molecule has 0 spiro atoms. The lowest BCUT2D eigenvalue weighted by Gasteiger charge is -2.22. The van der Waals surface area contributed by atoms with Crippen LogP contribution in [0.2, 0.25) is 0 Å². The third-order valence-corrected chi connectivity index (χ3v) is 2.62. The van der Waals surface area contributed by atoms with Gasteiger partial charge in [0.2, 0.25) is 0 Å². The highest BCUT2D eigenvalue weighted by atomic mass is 15.2. The SMILES string of the molecule is Cc1cccnc1N1CCCNCC1. The van der Waals surface area contributed by atoms with E-state index >= 15 is 0 Å². The third kappa shape index (κ3) is 2.04. The van der Waals surface area contributed by atoms with E-state index in [1.165, 1.54) is 12.0 Å². The predicted molar refractivity (Wildman–Crippen MR) is 58.7 cm³/mol. The molecule has 0 radical (unpaired) electrons. The van der Waals surface area contributed by atoms with Crippen LogP contribution < -0.4 is 10.2 Å². The van der Waals surface area contributed by atoms with E-state index in [-0.39, 0.29) is 0 Å². The summed E-state index contributed by atoms with van der Waals surface area (Å²) in [5.74, 6) is 1.15. The van der Waals surface area contributed by atoms with E-state index in [1.807, 2.05) is 12.3 Å². The molecule has 1 N–H and O–H groups in total. The third-order valence-electron chi connectivity index (χ3n) is 2.62. The summed E-state index contributed by atoms with van der Waals surface area (Å²) in [7, 11) is 0. The molecule has 0 aromatic carbocycles. The Morgan fingerprint density at radius 1 is 1.36 bits per heavy atom. The van der Waals surface area contributed by atoms with Gasteiger partial charge in [-0.1, -0.05) is 6.07 Å². The monoisotopic (exact) mass is 191 g/mol. The zero-order valence-corrected chi connectivity index (χ0v) is 8.66. The predicted octanol–water partition coefficient (Wildman–Crippen LogP) is 1.19. The van der Waals surface area contributed by atoms with E-state index in [2.05, 4.69) is 28.2 Å². The molecule has 76 valence electrons. The number of nitrogens with one attached hydrogen (secondary N) is 1. The maximum absolute atomic E-state index is 4.44. The summed E-state index contributed by atoms with van der Waals surface area (Å²) in [5.41, 5.74) is 1.27. The molecular formula is C11H17N3. The number of aryl methyl sites for hydroxylation is 1. The Balaban J connectivity index is 2.16. The van der Waals surface area contributed by atoms with Gasteiger partial charge in [0.1, 0.15) is 5.82 Å². The van der Waals surface area contributed by atoms with Crippen molar-refractivity contribution in [2.45, 2.75) is 13.3 Å². The molecule has 2 rings (SSSR count). The summed E-state index contributed by atoms with van der Waals surface area (Å²) >= 11 is 0. The highest BCUT2D eigenvalue weighted by molar-refractivity contribution is 5.45. The Hall–Kier alpha value is -1.09. The molecule has 3 heteroatoms. The number of pyridine rings is 1. The first-order valence-electron chi connectivity index (χ1n) is 5.25. The van der Waals surface area contributed by atoms with Gasteiger partial charge in [-0.3, -0.25) is 0 Å². The van der Waals surface area contributed by atoms with Gasteiger partial charge in [0, 0.05) is 25.8 Å². The van der Waals surface area contributed by atoms with Crippen LogP contribution in [0.4, 0.5) is 5.82 Å². The molecule has 0 amide bonds. The van der Waals surface area contributed by atoms with Crippen LogP contribution >= 0.6 is 0 Å². The summed E-state index contributed by atoms with van der Waals surface area (Å²) in [6.07, 6.45) is 3.08. The Kier molecular flexibility index (Phi) is 2.99. The Morgan fingerprint density at radius 3 is 3.14 bits per heavy atom. The summed E-state index contributed by atoms with van der Waals surface area (Å²) in [5, 5.41) is 3.40. The van der Waals surface area contributed by atoms with Gasteiger partial charge in [-0.05, 0) is 31.5 Å². The smallest absolute Gasteiger partial charge is 0.131 e. The van der Waals surface area contributed by atoms with E-state index in [0.717, 1.165) is 32.0 Å². The van der Waals surface area contributed by atoms with Crippen molar-refractivity contribution in [2.24, 2.45) is 0 Å². The summed E-state index contributed by atoms with van der Waals surface area (Å²) < 4.78 is 0. The number of rotatable bonds is 1. The summed E-state index contributed by atoms with van der Waals surface area (Å²) in [6, 6.07) is 4.12. The molecule has 0 bridgehead atoms. The van der Waals surface area contributed by atoms with Crippen molar-refractivity contribution in [3.63, 3.8) is 0 Å². The zero-order chi connectivity index (χ0) is 9.80. The van der Waals surface area contributed by atoms with Crippen LogP contribution in [0.1, 0.15) is 12.0 Å². The molecule has 0 unspecified atom stereocenters. The second kappa shape index (κ2) is 4.42. The van der Waals surface area contributed by atoms with E-state index in [4.69, 9.17) is 0 Å². The van der Waals surface area contributed by atoms with E-state index in [0.29, 0.717) is 0 Å². The fourth-order valence-corrected chi connectivity index (χ4v) is 1.87. The van der Waals surface area contributed by atoms with Gasteiger partial charge in [0.25, 0.3) is 0 Å². The van der Waals surface area contributed by atoms with Crippen molar-refractivity contribution in [2.75, 3.05) is 31.1 Å². The van der Waals surface area contributed by atoms with Gasteiger partial charge < -0.3 is 10.2 Å². The largest absolute Gasteiger partial charge is 0.355 e. The lowest BCUT2D eigenvalue weighted by molar-refractivity contribution is 0.724. The van der Waals surface area contributed by atoms with Crippen LogP contribution in [0.15, 0.2) is 18.3 Å². The van der Waals surface area contributed by atoms with Gasteiger partial charge in [-0.2, -0.15) is 0 Å². The molecule has 0 atom stereocenters. The lowest BCUT2D eigenvalue weighted by atomic mass is 10.2. The average molecular weight is 191 g/mol. The van der Waals surface area contributed by atoms with Crippen LogP contribution in [0.5, 0.6) is 0 Å². The van der Waals surface area contributed by atoms with Crippen molar-refractivity contribution in [1.29, 1.82) is 0 Å². The first kappa shape index (κ1) is 9.46. The molecule has 1 aliphatic heterocycles. The second-order valence-electron chi connectivity index (χ2n) is 3.73. The molecule has 14 heavy (non-hydrogen) atoms. The zero-order valence-electron chi connectivity index (χ0n) is 8.66. The average Bonchev–Trinajstić information content (AvgIpc) is 2.47. The minimum absolute atomic E-state index is 1.07. The minimum atomic E-state index is 1.07. The maximum atomic E-state index is 4.44. The molecule has 0 saturated carbocycles. The number of nitrogens with zero attached hydrogens (tertiary/aromatic N) is 2. The molecule has 1 fully saturated rings. The molecule has 2 heterocycles. The summed E-state index contributed by atoms with van der Waals surface area (Å²) in [4.78, 5) is 6.81. The number of aromatic nitrogens is 1. The number of hydrogen-bond acceptors (Lipinski definition) is 3. The first-order chi connectivity index (χ1) is 6.88. The Morgan fingerprint density at radius 2 is 2.29 bits per heavy atom. The fourth-order valence-electron chi connectivity index (χ4n) is 1.87. The highest BCUT2D eigenvalue weighted by Gasteiger charge is 2.11. The van der Waals surface area contributed by atoms with Crippen molar-refractivity contribution < 1.29 is 0 Å². The molecule has 1 aromatic rings. The number of anilines is 1. The molecule has 3 nitrogen and oxygen atoms in total. The Bertz CT molecular complexity index is 290. The van der Waals surface area contributed by atoms with Gasteiger partial charge in [0.15, 0.2) is 0 Å². The van der Waals surface area contributed by atoms with E-state index in [1.54, 1.807) is 0 Å². The fraction of sp³-hybridized carbons (Fsp3) is 0.545. The maximum Gasteiger partial charge on any atom is 0.131 e. The van der Waals surface area contributed by atoms with Gasteiger partial charge in [-0.25, -0.2) is 4.98 Å². The van der Waals surface area contributed by atoms with Crippen molar-refractivity contribution >= 4 is 5.82 Å². The van der Waals surface area contributed by atoms with Crippen LogP contribution in [0.25, 0.3) is 0 Å². The van der Waals surface area contributed by atoms with E-state index < -0.39 is 0 Å². The highest BCUT2D eigenvalue weighted by Crippen LogP contribution is 2.16. The summed E-state index contributed by atoms with van der Waals surface area (Å²) in [6.45, 7) is 6.50. The normalized spacial score (nSPS) is 17.9. The van der Waals surface area contributed by atoms with Crippen molar-refractivity contribution in [3.8, 4) is 0 Å². The Labute approximate surface area is 85.1 Å². The topological polar surface area (TPSA) is 28.2 Å². The first-order valence-corrected chi connectivity index (χ1v) is 5.25. The van der Waals surface area contributed by atoms with Crippen molar-refractivity contribution in [3.05, 3.63) is 23.9 Å². The van der Waals surface area contributed by atoms with Gasteiger partial charge in [0.05, 0.1) is 0 Å². The van der Waals surface area contributed by atoms with Crippen LogP contribution in [0.3, 0.4) is 0 Å². The second-order valence-corrected chi connectivity index (χ2v) is 3.73. The molecule has 1 aromatic heterocycles. The quantitative estimate of drug-likeness (QED) is 0.722. The van der Waals surface area contributed by atoms with Crippen LogP contribution in [0, 0.1) is 6.92 Å². The number of hydrogen-bond donors (Lipinski definition) is 1. The molecule has 1 aliphatic rings. The van der Waals surface area contributed by atoms with Crippen LogP contribution in [-0.2, 0) is 0 Å². The minimum Gasteiger partial charge on any atom is -0.355 e. The van der Waals surface area contributed by atoms with Crippen LogP contribution in [-0.4, -0.2) is 31.2 Å². The lowest BCUT2D eigenvalue weighted by Crippen LogP contribution is -2.29. The standard InChI is InChI=1S/C11H17N3/c1-10-4-2-6-13-11(10)14-8-3-5-12-7-9-14/h2,4,6,12H,3,5,7-9H2,1H3.